The zero-order valence-electron chi connectivity index (χ0n) is 11.6. The summed E-state index contributed by atoms with van der Waals surface area (Å²) in [5.74, 6) is -1.35. The summed E-state index contributed by atoms with van der Waals surface area (Å²) in [5.41, 5.74) is 2.43. The van der Waals surface area contributed by atoms with Gasteiger partial charge in [-0.05, 0) is 30.2 Å². The van der Waals surface area contributed by atoms with E-state index >= 15 is 0 Å². The van der Waals surface area contributed by atoms with Crippen LogP contribution in [0.4, 0.5) is 8.78 Å². The van der Waals surface area contributed by atoms with E-state index in [2.05, 4.69) is 22.0 Å². The first kappa shape index (κ1) is 14.7. The van der Waals surface area contributed by atoms with Crippen LogP contribution < -0.4 is 4.74 Å². The molecule has 0 saturated carbocycles. The van der Waals surface area contributed by atoms with E-state index in [1.165, 1.54) is 0 Å². The highest BCUT2D eigenvalue weighted by Gasteiger charge is 2.25. The third kappa shape index (κ3) is 2.40. The lowest BCUT2D eigenvalue weighted by Gasteiger charge is -2.12. The summed E-state index contributed by atoms with van der Waals surface area (Å²) in [5, 5.41) is 9.28. The minimum Gasteiger partial charge on any atom is -0.488 e. The molecular weight excluding hydrogens is 352 g/mol. The van der Waals surface area contributed by atoms with Gasteiger partial charge in [0.25, 0.3) is 0 Å². The van der Waals surface area contributed by atoms with Gasteiger partial charge in [0.15, 0.2) is 0 Å². The fourth-order valence-electron chi connectivity index (χ4n) is 2.57. The summed E-state index contributed by atoms with van der Waals surface area (Å²) in [6.45, 7) is 1.78. The zero-order valence-corrected chi connectivity index (χ0v) is 13.2. The second kappa shape index (κ2) is 5.54. The molecule has 0 bridgehead atoms. The van der Waals surface area contributed by atoms with Crippen LogP contribution in [-0.4, -0.2) is 0 Å². The van der Waals surface area contributed by atoms with Gasteiger partial charge in [0.1, 0.15) is 24.0 Å². The Hall–Kier alpha value is -2.19. The maximum absolute atomic E-state index is 14.4. The van der Waals surface area contributed by atoms with Gasteiger partial charge >= 0.3 is 0 Å². The molecule has 0 amide bonds. The standard InChI is InChI=1S/C17H10BrF2NO/c1-9(7-21)16-13-3-2-11(18)4-10(13)8-22-15-6-12(19)5-14(20)17(15)16/h2-6H,8H2,1H3. The largest absolute Gasteiger partial charge is 0.488 e. The lowest BCUT2D eigenvalue weighted by Crippen LogP contribution is -1.98. The van der Waals surface area contributed by atoms with Crippen molar-refractivity contribution in [1.29, 1.82) is 5.26 Å². The summed E-state index contributed by atoms with van der Waals surface area (Å²) >= 11 is 3.38. The fraction of sp³-hybridized carbons (Fsp3) is 0.118. The maximum Gasteiger partial charge on any atom is 0.137 e. The molecule has 3 rings (SSSR count). The van der Waals surface area contributed by atoms with Crippen molar-refractivity contribution in [3.8, 4) is 11.8 Å². The Morgan fingerprint density at radius 1 is 1.27 bits per heavy atom. The van der Waals surface area contributed by atoms with Crippen molar-refractivity contribution < 1.29 is 13.5 Å². The summed E-state index contributed by atoms with van der Waals surface area (Å²) < 4.78 is 34.3. The topological polar surface area (TPSA) is 33.0 Å². The highest BCUT2D eigenvalue weighted by molar-refractivity contribution is 9.10. The van der Waals surface area contributed by atoms with Crippen molar-refractivity contribution in [3.05, 3.63) is 68.7 Å². The molecule has 0 fully saturated rings. The molecule has 1 aliphatic heterocycles. The van der Waals surface area contributed by atoms with Gasteiger partial charge in [-0.1, -0.05) is 22.0 Å². The fourth-order valence-corrected chi connectivity index (χ4v) is 2.98. The molecular formula is C17H10BrF2NO. The average molecular weight is 362 g/mol. The second-order valence-electron chi connectivity index (χ2n) is 4.96. The summed E-state index contributed by atoms with van der Waals surface area (Å²) in [6, 6.07) is 9.46. The smallest absolute Gasteiger partial charge is 0.137 e. The molecule has 0 aliphatic carbocycles. The van der Waals surface area contributed by atoms with E-state index in [1.54, 1.807) is 13.0 Å². The van der Waals surface area contributed by atoms with Gasteiger partial charge in [0, 0.05) is 27.8 Å². The number of nitriles is 1. The minimum absolute atomic E-state index is 0.106. The second-order valence-corrected chi connectivity index (χ2v) is 5.88. The predicted octanol–water partition coefficient (Wildman–Crippen LogP) is 4.97. The lowest BCUT2D eigenvalue weighted by molar-refractivity contribution is 0.303. The molecule has 2 aromatic rings. The molecule has 0 aromatic heterocycles. The predicted molar refractivity (Wildman–Crippen MR) is 82.1 cm³/mol. The SMILES string of the molecule is CC(C#N)=C1c2ccc(Br)cc2COc2cc(F)cc(F)c21. The molecule has 0 radical (unpaired) electrons. The van der Waals surface area contributed by atoms with Crippen LogP contribution in [0.1, 0.15) is 23.6 Å². The number of fused-ring (bicyclic) bond motifs is 2. The first-order chi connectivity index (χ1) is 10.5. The summed E-state index contributed by atoms with van der Waals surface area (Å²) in [7, 11) is 0. The Labute approximate surface area is 134 Å². The maximum atomic E-state index is 14.4. The molecule has 5 heteroatoms. The average Bonchev–Trinajstić information content (AvgIpc) is 2.63. The molecule has 0 unspecified atom stereocenters. The summed E-state index contributed by atoms with van der Waals surface area (Å²) in [4.78, 5) is 0. The van der Waals surface area contributed by atoms with Gasteiger partial charge in [0.2, 0.25) is 0 Å². The van der Waals surface area contributed by atoms with Gasteiger partial charge in [-0.3, -0.25) is 0 Å². The first-order valence-electron chi connectivity index (χ1n) is 6.53. The van der Waals surface area contributed by atoms with Crippen molar-refractivity contribution in [3.63, 3.8) is 0 Å². The van der Waals surface area contributed by atoms with Crippen molar-refractivity contribution in [1.82, 2.24) is 0 Å². The Bertz CT molecular complexity index is 852. The molecule has 0 N–H and O–H groups in total. The Balaban J connectivity index is 2.40. The van der Waals surface area contributed by atoms with Crippen LogP contribution in [-0.2, 0) is 6.61 Å². The van der Waals surface area contributed by atoms with Crippen LogP contribution in [0.15, 0.2) is 40.4 Å². The monoisotopic (exact) mass is 361 g/mol. The number of allylic oxidation sites excluding steroid dienone is 1. The van der Waals surface area contributed by atoms with E-state index in [1.807, 2.05) is 12.1 Å². The highest BCUT2D eigenvalue weighted by Crippen LogP contribution is 2.41. The number of hydrogen-bond acceptors (Lipinski definition) is 2. The molecule has 1 heterocycles. The number of halogens is 3. The normalized spacial score (nSPS) is 15.0. The van der Waals surface area contributed by atoms with Gasteiger partial charge in [0.05, 0.1) is 11.6 Å². The number of nitrogens with zero attached hydrogens (tertiary/aromatic N) is 1. The van der Waals surface area contributed by atoms with E-state index in [4.69, 9.17) is 4.74 Å². The van der Waals surface area contributed by atoms with Crippen molar-refractivity contribution in [2.75, 3.05) is 0 Å². The van der Waals surface area contributed by atoms with Crippen LogP contribution in [0.25, 0.3) is 5.57 Å². The van der Waals surface area contributed by atoms with Crippen molar-refractivity contribution >= 4 is 21.5 Å². The number of benzene rings is 2. The van der Waals surface area contributed by atoms with Crippen molar-refractivity contribution in [2.24, 2.45) is 0 Å². The van der Waals surface area contributed by atoms with Crippen LogP contribution in [0.5, 0.6) is 5.75 Å². The molecule has 22 heavy (non-hydrogen) atoms. The third-order valence-electron chi connectivity index (χ3n) is 3.53. The highest BCUT2D eigenvalue weighted by atomic mass is 79.9. The molecule has 0 saturated heterocycles. The summed E-state index contributed by atoms with van der Waals surface area (Å²) in [6.07, 6.45) is 0. The van der Waals surface area contributed by atoms with E-state index in [-0.39, 0.29) is 17.9 Å². The number of hydrogen-bond donors (Lipinski definition) is 0. The first-order valence-corrected chi connectivity index (χ1v) is 7.32. The molecule has 0 spiro atoms. The number of ether oxygens (including phenoxy) is 1. The molecule has 110 valence electrons. The van der Waals surface area contributed by atoms with E-state index in [0.717, 1.165) is 22.2 Å². The number of rotatable bonds is 0. The van der Waals surface area contributed by atoms with E-state index in [0.29, 0.717) is 16.7 Å². The van der Waals surface area contributed by atoms with E-state index < -0.39 is 11.6 Å². The Morgan fingerprint density at radius 2 is 2.05 bits per heavy atom. The zero-order chi connectivity index (χ0) is 15.9. The third-order valence-corrected chi connectivity index (χ3v) is 4.02. The minimum atomic E-state index is -0.740. The molecule has 2 aromatic carbocycles. The van der Waals surface area contributed by atoms with Gasteiger partial charge in [-0.15, -0.1) is 0 Å². The van der Waals surface area contributed by atoms with Crippen LogP contribution in [0, 0.1) is 23.0 Å². The van der Waals surface area contributed by atoms with Gasteiger partial charge in [-0.25, -0.2) is 8.78 Å². The van der Waals surface area contributed by atoms with Gasteiger partial charge < -0.3 is 4.74 Å². The Kier molecular flexibility index (Phi) is 3.71. The van der Waals surface area contributed by atoms with Crippen LogP contribution in [0.3, 0.4) is 0 Å². The molecule has 2 nitrogen and oxygen atoms in total. The molecule has 1 aliphatic rings. The quantitative estimate of drug-likeness (QED) is 0.621. The lowest BCUT2D eigenvalue weighted by atomic mass is 9.91. The van der Waals surface area contributed by atoms with Crippen LogP contribution >= 0.6 is 15.9 Å². The van der Waals surface area contributed by atoms with Gasteiger partial charge in [-0.2, -0.15) is 5.26 Å². The van der Waals surface area contributed by atoms with E-state index in [9.17, 15) is 14.0 Å². The molecule has 0 atom stereocenters. The van der Waals surface area contributed by atoms with Crippen molar-refractivity contribution in [2.45, 2.75) is 13.5 Å². The Morgan fingerprint density at radius 3 is 2.77 bits per heavy atom. The van der Waals surface area contributed by atoms with Crippen LogP contribution in [0.2, 0.25) is 0 Å².